The Hall–Kier alpha value is -1.13. The third kappa shape index (κ3) is 4.67. The first kappa shape index (κ1) is 18.2. The van der Waals surface area contributed by atoms with E-state index in [0.29, 0.717) is 21.2 Å². The van der Waals surface area contributed by atoms with E-state index < -0.39 is 5.97 Å². The van der Waals surface area contributed by atoms with Gasteiger partial charge in [0.05, 0.1) is 10.0 Å². The number of ether oxygens (including phenoxy) is 2. The van der Waals surface area contributed by atoms with Gasteiger partial charge < -0.3 is 9.47 Å². The molecule has 23 heavy (non-hydrogen) atoms. The molecule has 2 aromatic carbocycles. The Morgan fingerprint density at radius 1 is 1.04 bits per heavy atom. The van der Waals surface area contributed by atoms with Crippen molar-refractivity contribution in [2.45, 2.75) is 13.5 Å². The van der Waals surface area contributed by atoms with E-state index in [1.54, 1.807) is 25.1 Å². The van der Waals surface area contributed by atoms with Crippen LogP contribution in [0.2, 0.25) is 20.1 Å². The van der Waals surface area contributed by atoms with Gasteiger partial charge in [0, 0.05) is 15.6 Å². The summed E-state index contributed by atoms with van der Waals surface area (Å²) in [4.78, 5) is 11.8. The number of halogens is 4. The van der Waals surface area contributed by atoms with Gasteiger partial charge in [0.2, 0.25) is 0 Å². The topological polar surface area (TPSA) is 35.5 Å². The molecule has 122 valence electrons. The molecular formula is C16H12Cl4O3. The highest BCUT2D eigenvalue weighted by Gasteiger charge is 2.15. The zero-order valence-corrected chi connectivity index (χ0v) is 15.1. The largest absolute Gasteiger partial charge is 0.479 e. The molecule has 2 rings (SSSR count). The minimum Gasteiger partial charge on any atom is -0.479 e. The summed E-state index contributed by atoms with van der Waals surface area (Å²) in [6, 6.07) is 8.60. The Morgan fingerprint density at radius 2 is 1.74 bits per heavy atom. The maximum atomic E-state index is 11.8. The highest BCUT2D eigenvalue weighted by molar-refractivity contribution is 6.41. The standard InChI is InChI=1S/C16H12Cl4O3/c1-9-12(18)6-13(19)16(15(9)20)23-8-14(21)22-7-10-4-2-3-5-11(10)17/h2-6H,7-8H2,1H3. The minimum atomic E-state index is -0.565. The van der Waals surface area contributed by atoms with Gasteiger partial charge in [-0.25, -0.2) is 4.79 Å². The van der Waals surface area contributed by atoms with Crippen LogP contribution in [-0.2, 0) is 16.1 Å². The predicted octanol–water partition coefficient (Wildman–Crippen LogP) is 5.73. The molecule has 0 atom stereocenters. The van der Waals surface area contributed by atoms with Crippen LogP contribution in [-0.4, -0.2) is 12.6 Å². The summed E-state index contributed by atoms with van der Waals surface area (Å²) >= 11 is 24.1. The van der Waals surface area contributed by atoms with Crippen LogP contribution in [0.4, 0.5) is 0 Å². The summed E-state index contributed by atoms with van der Waals surface area (Å²) in [5.74, 6) is -0.366. The van der Waals surface area contributed by atoms with Gasteiger partial charge in [0.25, 0.3) is 0 Å². The second-order valence-corrected chi connectivity index (χ2v) is 6.25. The van der Waals surface area contributed by atoms with E-state index >= 15 is 0 Å². The molecule has 0 N–H and O–H groups in total. The first-order valence-electron chi connectivity index (χ1n) is 6.56. The molecule has 0 radical (unpaired) electrons. The molecule has 0 amide bonds. The van der Waals surface area contributed by atoms with Gasteiger partial charge in [-0.15, -0.1) is 0 Å². The zero-order chi connectivity index (χ0) is 17.0. The summed E-state index contributed by atoms with van der Waals surface area (Å²) in [5, 5.41) is 1.44. The van der Waals surface area contributed by atoms with Crippen LogP contribution in [0.3, 0.4) is 0 Å². The maximum absolute atomic E-state index is 11.8. The van der Waals surface area contributed by atoms with Crippen molar-refractivity contribution in [1.82, 2.24) is 0 Å². The quantitative estimate of drug-likeness (QED) is 0.608. The van der Waals surface area contributed by atoms with Crippen molar-refractivity contribution < 1.29 is 14.3 Å². The Kier molecular flexibility index (Phi) is 6.42. The van der Waals surface area contributed by atoms with E-state index in [-0.39, 0.29) is 29.0 Å². The fourth-order valence-electron chi connectivity index (χ4n) is 1.74. The van der Waals surface area contributed by atoms with Gasteiger partial charge in [-0.1, -0.05) is 64.6 Å². The number of hydrogen-bond donors (Lipinski definition) is 0. The van der Waals surface area contributed by atoms with E-state index in [4.69, 9.17) is 55.9 Å². The fraction of sp³-hybridized carbons (Fsp3) is 0.188. The molecule has 0 aliphatic rings. The van der Waals surface area contributed by atoms with Gasteiger partial charge >= 0.3 is 5.97 Å². The summed E-state index contributed by atoms with van der Waals surface area (Å²) in [7, 11) is 0. The SMILES string of the molecule is Cc1c(Cl)cc(Cl)c(OCC(=O)OCc2ccccc2Cl)c1Cl. The van der Waals surface area contributed by atoms with Crippen LogP contribution in [0, 0.1) is 6.92 Å². The minimum absolute atomic E-state index is 0.0585. The molecule has 0 bridgehead atoms. The van der Waals surface area contributed by atoms with Gasteiger partial charge in [0.15, 0.2) is 12.4 Å². The first-order valence-corrected chi connectivity index (χ1v) is 8.07. The van der Waals surface area contributed by atoms with Crippen molar-refractivity contribution in [3.8, 4) is 5.75 Å². The van der Waals surface area contributed by atoms with Gasteiger partial charge in [0.1, 0.15) is 6.61 Å². The third-order valence-electron chi connectivity index (χ3n) is 3.04. The Bertz CT molecular complexity index is 732. The van der Waals surface area contributed by atoms with Crippen LogP contribution in [0.15, 0.2) is 30.3 Å². The summed E-state index contributed by atoms with van der Waals surface area (Å²) in [5.41, 5.74) is 1.33. The predicted molar refractivity (Wildman–Crippen MR) is 93.0 cm³/mol. The van der Waals surface area contributed by atoms with E-state index in [1.807, 2.05) is 6.07 Å². The Morgan fingerprint density at radius 3 is 2.43 bits per heavy atom. The maximum Gasteiger partial charge on any atom is 0.344 e. The van der Waals surface area contributed by atoms with E-state index in [0.717, 1.165) is 0 Å². The van der Waals surface area contributed by atoms with Crippen LogP contribution in [0.1, 0.15) is 11.1 Å². The van der Waals surface area contributed by atoms with Gasteiger partial charge in [-0.2, -0.15) is 0 Å². The van der Waals surface area contributed by atoms with E-state index in [9.17, 15) is 4.79 Å². The number of carbonyl (C=O) groups is 1. The van der Waals surface area contributed by atoms with Crippen molar-refractivity contribution in [1.29, 1.82) is 0 Å². The van der Waals surface area contributed by atoms with Crippen molar-refractivity contribution in [3.05, 3.63) is 61.5 Å². The van der Waals surface area contributed by atoms with Crippen molar-refractivity contribution in [3.63, 3.8) is 0 Å². The van der Waals surface area contributed by atoms with Crippen LogP contribution in [0.25, 0.3) is 0 Å². The number of rotatable bonds is 5. The molecule has 0 spiro atoms. The molecular weight excluding hydrogens is 382 g/mol. The molecule has 0 aliphatic carbocycles. The second kappa shape index (κ2) is 8.11. The van der Waals surface area contributed by atoms with E-state index in [1.165, 1.54) is 6.07 Å². The van der Waals surface area contributed by atoms with Crippen molar-refractivity contribution in [2.24, 2.45) is 0 Å². The first-order chi connectivity index (χ1) is 10.9. The molecule has 0 aliphatic heterocycles. The average Bonchev–Trinajstić information content (AvgIpc) is 2.52. The molecule has 0 heterocycles. The molecule has 2 aromatic rings. The molecule has 0 unspecified atom stereocenters. The monoisotopic (exact) mass is 392 g/mol. The molecule has 3 nitrogen and oxygen atoms in total. The number of hydrogen-bond acceptors (Lipinski definition) is 3. The fourth-order valence-corrected chi connectivity index (χ4v) is 2.81. The zero-order valence-electron chi connectivity index (χ0n) is 12.0. The molecule has 0 saturated heterocycles. The van der Waals surface area contributed by atoms with Crippen LogP contribution < -0.4 is 4.74 Å². The number of benzene rings is 2. The molecule has 0 saturated carbocycles. The molecule has 7 heteroatoms. The summed E-state index contributed by atoms with van der Waals surface area (Å²) in [6.07, 6.45) is 0. The lowest BCUT2D eigenvalue weighted by Crippen LogP contribution is -2.15. The third-order valence-corrected chi connectivity index (χ3v) is 4.54. The number of carbonyl (C=O) groups excluding carboxylic acids is 1. The summed E-state index contributed by atoms with van der Waals surface area (Å²) in [6.45, 7) is 1.46. The molecule has 0 aromatic heterocycles. The highest BCUT2D eigenvalue weighted by Crippen LogP contribution is 2.39. The summed E-state index contributed by atoms with van der Waals surface area (Å²) < 4.78 is 10.5. The lowest BCUT2D eigenvalue weighted by atomic mass is 10.2. The van der Waals surface area contributed by atoms with E-state index in [2.05, 4.69) is 0 Å². The van der Waals surface area contributed by atoms with Crippen molar-refractivity contribution in [2.75, 3.05) is 6.61 Å². The normalized spacial score (nSPS) is 10.5. The Labute approximate surface area is 154 Å². The van der Waals surface area contributed by atoms with Crippen LogP contribution in [0.5, 0.6) is 5.75 Å². The second-order valence-electron chi connectivity index (χ2n) is 4.65. The lowest BCUT2D eigenvalue weighted by Gasteiger charge is -2.12. The molecule has 0 fully saturated rings. The van der Waals surface area contributed by atoms with Gasteiger partial charge in [-0.3, -0.25) is 0 Å². The average molecular weight is 394 g/mol. The lowest BCUT2D eigenvalue weighted by molar-refractivity contribution is -0.147. The van der Waals surface area contributed by atoms with Crippen molar-refractivity contribution >= 4 is 52.4 Å². The highest BCUT2D eigenvalue weighted by atomic mass is 35.5. The van der Waals surface area contributed by atoms with Gasteiger partial charge in [-0.05, 0) is 24.6 Å². The van der Waals surface area contributed by atoms with Crippen LogP contribution >= 0.6 is 46.4 Å². The smallest absolute Gasteiger partial charge is 0.344 e. The number of esters is 1. The Balaban J connectivity index is 1.95.